The van der Waals surface area contributed by atoms with Gasteiger partial charge < -0.3 is 5.32 Å². The number of anilines is 1. The number of nitrogens with one attached hydrogen (secondary N) is 1. The van der Waals surface area contributed by atoms with E-state index in [2.05, 4.69) is 5.32 Å². The summed E-state index contributed by atoms with van der Waals surface area (Å²) in [7, 11) is -3.45. The molecule has 1 rings (SSSR count). The van der Waals surface area contributed by atoms with Gasteiger partial charge in [0.05, 0.1) is 18.5 Å². The van der Waals surface area contributed by atoms with E-state index in [0.717, 1.165) is 19.1 Å². The van der Waals surface area contributed by atoms with Crippen LogP contribution >= 0.6 is 11.6 Å². The molecule has 0 spiro atoms. The molecule has 0 aliphatic heterocycles. The van der Waals surface area contributed by atoms with E-state index in [9.17, 15) is 13.2 Å². The Bertz CT molecular complexity index is 617. The van der Waals surface area contributed by atoms with E-state index in [4.69, 9.17) is 11.6 Å². The summed E-state index contributed by atoms with van der Waals surface area (Å²) in [5, 5.41) is 3.26. The fraction of sp³-hybridized carbons (Fsp3) is 0.533. The normalized spacial score (nSPS) is 11.3. The van der Waals surface area contributed by atoms with Gasteiger partial charge in [0, 0.05) is 18.0 Å². The average molecular weight is 347 g/mol. The van der Waals surface area contributed by atoms with Gasteiger partial charge in [0.15, 0.2) is 0 Å². The SMILES string of the molecule is CCCCC(=O)NCCN(c1cccc(Cl)c1C)S(C)(=O)=O. The van der Waals surface area contributed by atoms with Crippen LogP contribution in [0.4, 0.5) is 5.69 Å². The van der Waals surface area contributed by atoms with Gasteiger partial charge in [-0.05, 0) is 31.0 Å². The highest BCUT2D eigenvalue weighted by Gasteiger charge is 2.20. The number of nitrogens with zero attached hydrogens (tertiary/aromatic N) is 1. The number of hydrogen-bond donors (Lipinski definition) is 1. The van der Waals surface area contributed by atoms with E-state index in [1.807, 2.05) is 6.92 Å². The summed E-state index contributed by atoms with van der Waals surface area (Å²) in [6.07, 6.45) is 3.39. The Hall–Kier alpha value is -1.27. The molecule has 1 N–H and O–H groups in total. The van der Waals surface area contributed by atoms with Gasteiger partial charge in [0.1, 0.15) is 0 Å². The molecule has 0 aliphatic rings. The quantitative estimate of drug-likeness (QED) is 0.787. The summed E-state index contributed by atoms with van der Waals surface area (Å²) >= 11 is 6.06. The summed E-state index contributed by atoms with van der Waals surface area (Å²) in [6.45, 7) is 4.23. The first-order valence-electron chi connectivity index (χ1n) is 7.27. The van der Waals surface area contributed by atoms with Crippen molar-refractivity contribution in [2.24, 2.45) is 0 Å². The van der Waals surface area contributed by atoms with Crippen LogP contribution in [0.15, 0.2) is 18.2 Å². The second-order valence-corrected chi connectivity index (χ2v) is 7.49. The monoisotopic (exact) mass is 346 g/mol. The Balaban J connectivity index is 2.80. The van der Waals surface area contributed by atoms with Crippen LogP contribution in [0.25, 0.3) is 0 Å². The van der Waals surface area contributed by atoms with Gasteiger partial charge in [-0.3, -0.25) is 9.10 Å². The van der Waals surface area contributed by atoms with Gasteiger partial charge in [0.25, 0.3) is 0 Å². The van der Waals surface area contributed by atoms with E-state index in [-0.39, 0.29) is 19.0 Å². The second kappa shape index (κ2) is 8.39. The molecule has 5 nitrogen and oxygen atoms in total. The fourth-order valence-electron chi connectivity index (χ4n) is 2.05. The molecule has 124 valence electrons. The molecule has 0 fully saturated rings. The van der Waals surface area contributed by atoms with Crippen LogP contribution in [-0.2, 0) is 14.8 Å². The highest BCUT2D eigenvalue weighted by atomic mass is 35.5. The molecule has 7 heteroatoms. The lowest BCUT2D eigenvalue weighted by Gasteiger charge is -2.24. The Kier molecular flexibility index (Phi) is 7.16. The summed E-state index contributed by atoms with van der Waals surface area (Å²) in [6, 6.07) is 5.14. The van der Waals surface area contributed by atoms with E-state index in [0.29, 0.717) is 22.7 Å². The molecule has 0 heterocycles. The van der Waals surface area contributed by atoms with Crippen molar-refractivity contribution < 1.29 is 13.2 Å². The molecule has 0 saturated carbocycles. The van der Waals surface area contributed by atoms with Gasteiger partial charge >= 0.3 is 0 Å². The van der Waals surface area contributed by atoms with Crippen molar-refractivity contribution in [3.05, 3.63) is 28.8 Å². The third-order valence-electron chi connectivity index (χ3n) is 3.30. The summed E-state index contributed by atoms with van der Waals surface area (Å²) in [4.78, 5) is 11.6. The van der Waals surface area contributed by atoms with E-state index in [1.54, 1.807) is 25.1 Å². The molecule has 0 bridgehead atoms. The zero-order valence-electron chi connectivity index (χ0n) is 13.2. The first-order chi connectivity index (χ1) is 10.3. The van der Waals surface area contributed by atoms with Gasteiger partial charge in [0.2, 0.25) is 15.9 Å². The Morgan fingerprint density at radius 1 is 1.36 bits per heavy atom. The third kappa shape index (κ3) is 5.50. The maximum Gasteiger partial charge on any atom is 0.232 e. The molecule has 22 heavy (non-hydrogen) atoms. The van der Waals surface area contributed by atoms with Crippen molar-refractivity contribution >= 4 is 33.2 Å². The van der Waals surface area contributed by atoms with E-state index >= 15 is 0 Å². The molecule has 0 saturated heterocycles. The smallest absolute Gasteiger partial charge is 0.232 e. The van der Waals surface area contributed by atoms with Gasteiger partial charge in [-0.1, -0.05) is 31.0 Å². The third-order valence-corrected chi connectivity index (χ3v) is 4.89. The van der Waals surface area contributed by atoms with Crippen LogP contribution in [0, 0.1) is 6.92 Å². The number of hydrogen-bond acceptors (Lipinski definition) is 3. The number of unbranched alkanes of at least 4 members (excludes halogenated alkanes) is 1. The van der Waals surface area contributed by atoms with Crippen LogP contribution in [0.2, 0.25) is 5.02 Å². The molecule has 1 amide bonds. The fourth-order valence-corrected chi connectivity index (χ4v) is 3.20. The predicted molar refractivity (Wildman–Crippen MR) is 90.9 cm³/mol. The van der Waals surface area contributed by atoms with Crippen molar-refractivity contribution in [2.75, 3.05) is 23.7 Å². The summed E-state index contributed by atoms with van der Waals surface area (Å²) in [5.74, 6) is -0.0573. The lowest BCUT2D eigenvalue weighted by molar-refractivity contribution is -0.121. The molecule has 0 radical (unpaired) electrons. The van der Waals surface area contributed by atoms with Gasteiger partial charge in [-0.2, -0.15) is 0 Å². The summed E-state index contributed by atoms with van der Waals surface area (Å²) < 4.78 is 25.3. The summed E-state index contributed by atoms with van der Waals surface area (Å²) in [5.41, 5.74) is 1.24. The number of halogens is 1. The molecule has 1 aromatic carbocycles. The molecule has 0 aromatic heterocycles. The molecule has 1 aromatic rings. The second-order valence-electron chi connectivity index (χ2n) is 5.17. The minimum atomic E-state index is -3.45. The number of benzene rings is 1. The van der Waals surface area contributed by atoms with Crippen LogP contribution < -0.4 is 9.62 Å². The lowest BCUT2D eigenvalue weighted by atomic mass is 10.2. The number of carbonyl (C=O) groups is 1. The molecule has 0 aliphatic carbocycles. The maximum absolute atomic E-state index is 12.0. The Morgan fingerprint density at radius 2 is 2.05 bits per heavy atom. The number of rotatable bonds is 8. The largest absolute Gasteiger partial charge is 0.354 e. The van der Waals surface area contributed by atoms with Crippen molar-refractivity contribution in [3.8, 4) is 0 Å². The minimum Gasteiger partial charge on any atom is -0.354 e. The number of amides is 1. The molecule has 0 unspecified atom stereocenters. The van der Waals surface area contributed by atoms with E-state index < -0.39 is 10.0 Å². The zero-order valence-corrected chi connectivity index (χ0v) is 14.8. The van der Waals surface area contributed by atoms with Crippen LogP contribution in [-0.4, -0.2) is 33.7 Å². The van der Waals surface area contributed by atoms with Crippen molar-refractivity contribution in [1.82, 2.24) is 5.32 Å². The van der Waals surface area contributed by atoms with Crippen molar-refractivity contribution in [3.63, 3.8) is 0 Å². The zero-order chi connectivity index (χ0) is 16.8. The van der Waals surface area contributed by atoms with Crippen LogP contribution in [0.3, 0.4) is 0 Å². The first kappa shape index (κ1) is 18.8. The Morgan fingerprint density at radius 3 is 2.64 bits per heavy atom. The first-order valence-corrected chi connectivity index (χ1v) is 9.49. The molecule has 0 atom stereocenters. The van der Waals surface area contributed by atoms with Gasteiger partial charge in [-0.25, -0.2) is 8.42 Å². The minimum absolute atomic E-state index is 0.0573. The maximum atomic E-state index is 12.0. The standard InChI is InChI=1S/C15H23ClN2O3S/c1-4-5-9-15(19)17-10-11-18(22(3,20)21)14-8-6-7-13(16)12(14)2/h6-8H,4-5,9-11H2,1-3H3,(H,17,19). The highest BCUT2D eigenvalue weighted by Crippen LogP contribution is 2.27. The van der Waals surface area contributed by atoms with Crippen LogP contribution in [0.5, 0.6) is 0 Å². The van der Waals surface area contributed by atoms with Gasteiger partial charge in [-0.15, -0.1) is 0 Å². The molecular weight excluding hydrogens is 324 g/mol. The molecular formula is C15H23ClN2O3S. The number of sulfonamides is 1. The average Bonchev–Trinajstić information content (AvgIpc) is 2.43. The number of carbonyl (C=O) groups excluding carboxylic acids is 1. The van der Waals surface area contributed by atoms with Crippen LogP contribution in [0.1, 0.15) is 31.7 Å². The predicted octanol–water partition coefficient (Wildman–Crippen LogP) is 2.72. The Labute approximate surface area is 137 Å². The van der Waals surface area contributed by atoms with E-state index in [1.165, 1.54) is 4.31 Å². The lowest BCUT2D eigenvalue weighted by Crippen LogP contribution is -2.38. The van der Waals surface area contributed by atoms with Crippen molar-refractivity contribution in [2.45, 2.75) is 33.1 Å². The van der Waals surface area contributed by atoms with Crippen molar-refractivity contribution in [1.29, 1.82) is 0 Å². The topological polar surface area (TPSA) is 66.5 Å². The highest BCUT2D eigenvalue weighted by molar-refractivity contribution is 7.92.